The summed E-state index contributed by atoms with van der Waals surface area (Å²) in [6.07, 6.45) is 1.54. The summed E-state index contributed by atoms with van der Waals surface area (Å²) in [4.78, 5) is 24.8. The van der Waals surface area contributed by atoms with E-state index in [9.17, 15) is 4.79 Å². The Hall–Kier alpha value is -2.47. The predicted molar refractivity (Wildman–Crippen MR) is 91.6 cm³/mol. The molecule has 2 heterocycles. The van der Waals surface area contributed by atoms with Crippen molar-refractivity contribution < 1.29 is 4.79 Å². The molecule has 1 aliphatic heterocycles. The third-order valence-corrected chi connectivity index (χ3v) is 4.21. The number of ketones is 1. The topological polar surface area (TPSA) is 75.4 Å². The van der Waals surface area contributed by atoms with Gasteiger partial charge in [0.05, 0.1) is 5.69 Å². The van der Waals surface area contributed by atoms with Crippen molar-refractivity contribution in [2.75, 3.05) is 43.9 Å². The monoisotopic (exact) mass is 311 g/mol. The highest BCUT2D eigenvalue weighted by atomic mass is 16.1. The molecule has 0 bridgehead atoms. The second kappa shape index (κ2) is 6.34. The SMILES string of the molecule is CC(=O)c1cccc(-c2ncnc(N3CCN(C)CC3)c2N)c1. The van der Waals surface area contributed by atoms with Crippen LogP contribution in [-0.4, -0.2) is 53.9 Å². The number of carbonyl (C=O) groups excluding carboxylic acids is 1. The first-order valence-electron chi connectivity index (χ1n) is 7.71. The summed E-state index contributed by atoms with van der Waals surface area (Å²) in [5.74, 6) is 0.801. The van der Waals surface area contributed by atoms with E-state index in [4.69, 9.17) is 5.73 Å². The van der Waals surface area contributed by atoms with E-state index in [0.29, 0.717) is 16.9 Å². The first kappa shape index (κ1) is 15.4. The number of rotatable bonds is 3. The van der Waals surface area contributed by atoms with Gasteiger partial charge in [-0.1, -0.05) is 18.2 Å². The van der Waals surface area contributed by atoms with Crippen LogP contribution in [-0.2, 0) is 0 Å². The van der Waals surface area contributed by atoms with E-state index >= 15 is 0 Å². The minimum absolute atomic E-state index is 0.0266. The van der Waals surface area contributed by atoms with Crippen LogP contribution in [0.5, 0.6) is 0 Å². The molecule has 3 rings (SSSR count). The minimum atomic E-state index is 0.0266. The number of carbonyl (C=O) groups is 1. The molecule has 0 amide bonds. The molecule has 1 fully saturated rings. The summed E-state index contributed by atoms with van der Waals surface area (Å²) < 4.78 is 0. The Balaban J connectivity index is 1.97. The Labute approximate surface area is 135 Å². The number of anilines is 2. The number of hydrogen-bond acceptors (Lipinski definition) is 6. The van der Waals surface area contributed by atoms with Gasteiger partial charge in [0.25, 0.3) is 0 Å². The lowest BCUT2D eigenvalue weighted by Crippen LogP contribution is -2.45. The Morgan fingerprint density at radius 2 is 1.91 bits per heavy atom. The van der Waals surface area contributed by atoms with E-state index in [1.807, 2.05) is 18.2 Å². The largest absolute Gasteiger partial charge is 0.394 e. The molecule has 1 aromatic heterocycles. The Kier molecular flexibility index (Phi) is 4.25. The number of Topliss-reactive ketones (excluding diaryl/α,β-unsaturated/α-hetero) is 1. The second-order valence-corrected chi connectivity index (χ2v) is 5.89. The summed E-state index contributed by atoms with van der Waals surface area (Å²) in [5, 5.41) is 0. The highest BCUT2D eigenvalue weighted by Crippen LogP contribution is 2.31. The maximum Gasteiger partial charge on any atom is 0.159 e. The summed E-state index contributed by atoms with van der Waals surface area (Å²) in [5.41, 5.74) is 9.08. The molecule has 120 valence electrons. The fourth-order valence-electron chi connectivity index (χ4n) is 2.77. The zero-order chi connectivity index (χ0) is 16.4. The van der Waals surface area contributed by atoms with Gasteiger partial charge in [-0.3, -0.25) is 4.79 Å². The summed E-state index contributed by atoms with van der Waals surface area (Å²) in [6.45, 7) is 5.31. The molecular weight excluding hydrogens is 290 g/mol. The van der Waals surface area contributed by atoms with Crippen molar-refractivity contribution in [3.63, 3.8) is 0 Å². The molecule has 2 N–H and O–H groups in total. The first-order chi connectivity index (χ1) is 11.1. The normalized spacial score (nSPS) is 15.7. The van der Waals surface area contributed by atoms with Gasteiger partial charge in [0.2, 0.25) is 0 Å². The van der Waals surface area contributed by atoms with Gasteiger partial charge in [0.1, 0.15) is 12.0 Å². The Bertz CT molecular complexity index is 723. The van der Waals surface area contributed by atoms with Crippen LogP contribution in [0.4, 0.5) is 11.5 Å². The zero-order valence-electron chi connectivity index (χ0n) is 13.5. The first-order valence-corrected chi connectivity index (χ1v) is 7.71. The fourth-order valence-corrected chi connectivity index (χ4v) is 2.77. The second-order valence-electron chi connectivity index (χ2n) is 5.89. The van der Waals surface area contributed by atoms with Crippen LogP contribution in [0.3, 0.4) is 0 Å². The maximum absolute atomic E-state index is 11.6. The number of hydrogen-bond donors (Lipinski definition) is 1. The van der Waals surface area contributed by atoms with Crippen molar-refractivity contribution in [1.82, 2.24) is 14.9 Å². The fraction of sp³-hybridized carbons (Fsp3) is 0.353. The highest BCUT2D eigenvalue weighted by molar-refractivity contribution is 5.95. The van der Waals surface area contributed by atoms with Crippen molar-refractivity contribution in [2.24, 2.45) is 0 Å². The standard InChI is InChI=1S/C17H21N5O/c1-12(23)13-4-3-5-14(10-13)16-15(18)17(20-11-19-16)22-8-6-21(2)7-9-22/h3-5,10-11H,6-9,18H2,1-2H3. The van der Waals surface area contributed by atoms with Gasteiger partial charge in [-0.2, -0.15) is 0 Å². The van der Waals surface area contributed by atoms with Crippen molar-refractivity contribution in [2.45, 2.75) is 6.92 Å². The van der Waals surface area contributed by atoms with E-state index in [-0.39, 0.29) is 5.78 Å². The van der Waals surface area contributed by atoms with Crippen molar-refractivity contribution in [1.29, 1.82) is 0 Å². The molecule has 6 nitrogen and oxygen atoms in total. The van der Waals surface area contributed by atoms with Gasteiger partial charge in [0.15, 0.2) is 11.6 Å². The maximum atomic E-state index is 11.6. The van der Waals surface area contributed by atoms with Crippen molar-refractivity contribution in [3.8, 4) is 11.3 Å². The van der Waals surface area contributed by atoms with E-state index in [1.54, 1.807) is 19.3 Å². The van der Waals surface area contributed by atoms with Crippen LogP contribution in [0.25, 0.3) is 11.3 Å². The molecular formula is C17H21N5O. The molecule has 0 unspecified atom stereocenters. The van der Waals surface area contributed by atoms with Gasteiger partial charge in [-0.25, -0.2) is 9.97 Å². The van der Waals surface area contributed by atoms with Crippen LogP contribution in [0.15, 0.2) is 30.6 Å². The van der Waals surface area contributed by atoms with Gasteiger partial charge in [-0.15, -0.1) is 0 Å². The molecule has 1 saturated heterocycles. The number of aromatic nitrogens is 2. The van der Waals surface area contributed by atoms with Crippen LogP contribution < -0.4 is 10.6 Å². The summed E-state index contributed by atoms with van der Waals surface area (Å²) in [7, 11) is 2.11. The average molecular weight is 311 g/mol. The average Bonchev–Trinajstić information content (AvgIpc) is 2.56. The Morgan fingerprint density at radius 1 is 1.17 bits per heavy atom. The van der Waals surface area contributed by atoms with Crippen molar-refractivity contribution in [3.05, 3.63) is 36.2 Å². The molecule has 0 spiro atoms. The van der Waals surface area contributed by atoms with Crippen LogP contribution in [0.2, 0.25) is 0 Å². The van der Waals surface area contributed by atoms with Gasteiger partial charge < -0.3 is 15.5 Å². The van der Waals surface area contributed by atoms with Crippen LogP contribution in [0, 0.1) is 0 Å². The third kappa shape index (κ3) is 3.17. The van der Waals surface area contributed by atoms with Gasteiger partial charge in [-0.05, 0) is 20.0 Å². The highest BCUT2D eigenvalue weighted by Gasteiger charge is 2.20. The number of nitrogens with zero attached hydrogens (tertiary/aromatic N) is 4. The molecule has 0 atom stereocenters. The number of likely N-dealkylation sites (N-methyl/N-ethyl adjacent to an activating group) is 1. The van der Waals surface area contributed by atoms with E-state index in [1.165, 1.54) is 0 Å². The number of benzene rings is 1. The predicted octanol–water partition coefficient (Wildman–Crippen LogP) is 1.68. The summed E-state index contributed by atoms with van der Waals surface area (Å²) in [6, 6.07) is 7.39. The van der Waals surface area contributed by atoms with Gasteiger partial charge >= 0.3 is 0 Å². The van der Waals surface area contributed by atoms with E-state index in [2.05, 4.69) is 26.8 Å². The molecule has 0 aliphatic carbocycles. The smallest absolute Gasteiger partial charge is 0.159 e. The van der Waals surface area contributed by atoms with Crippen LogP contribution in [0.1, 0.15) is 17.3 Å². The zero-order valence-corrected chi connectivity index (χ0v) is 13.5. The summed E-state index contributed by atoms with van der Waals surface area (Å²) >= 11 is 0. The molecule has 1 aromatic carbocycles. The molecule has 6 heteroatoms. The lowest BCUT2D eigenvalue weighted by atomic mass is 10.0. The molecule has 23 heavy (non-hydrogen) atoms. The number of nitrogen functional groups attached to an aromatic ring is 1. The lowest BCUT2D eigenvalue weighted by Gasteiger charge is -2.33. The number of piperazine rings is 1. The van der Waals surface area contributed by atoms with E-state index < -0.39 is 0 Å². The molecule has 0 radical (unpaired) electrons. The Morgan fingerprint density at radius 3 is 2.61 bits per heavy atom. The van der Waals surface area contributed by atoms with E-state index in [0.717, 1.165) is 37.6 Å². The minimum Gasteiger partial charge on any atom is -0.394 e. The number of nitrogens with two attached hydrogens (primary N) is 1. The third-order valence-electron chi connectivity index (χ3n) is 4.21. The lowest BCUT2D eigenvalue weighted by molar-refractivity contribution is 0.101. The van der Waals surface area contributed by atoms with Gasteiger partial charge in [0, 0.05) is 37.3 Å². The molecule has 2 aromatic rings. The molecule has 1 aliphatic rings. The quantitative estimate of drug-likeness (QED) is 0.869. The van der Waals surface area contributed by atoms with Crippen LogP contribution >= 0.6 is 0 Å². The van der Waals surface area contributed by atoms with Crippen molar-refractivity contribution >= 4 is 17.3 Å². The molecule has 0 saturated carbocycles.